The van der Waals surface area contributed by atoms with Gasteiger partial charge < -0.3 is 10.4 Å². The molecule has 1 saturated carbocycles. The van der Waals surface area contributed by atoms with E-state index in [2.05, 4.69) is 19.2 Å². The highest BCUT2D eigenvalue weighted by molar-refractivity contribution is 5.87. The topological polar surface area (TPSA) is 49.3 Å². The molecule has 1 aromatic rings. The summed E-state index contributed by atoms with van der Waals surface area (Å²) in [6.45, 7) is 5.43. The number of rotatable bonds is 4. The first-order valence-electron chi connectivity index (χ1n) is 6.55. The zero-order chi connectivity index (χ0) is 13.2. The highest BCUT2D eigenvalue weighted by Gasteiger charge is 2.33. The van der Waals surface area contributed by atoms with E-state index in [1.54, 1.807) is 12.1 Å². The van der Waals surface area contributed by atoms with Crippen LogP contribution in [0.2, 0.25) is 0 Å². The standard InChI is InChI=1S/C15H21NO2/c1-15(2)9-3-4-13(15)16-10-11-5-7-12(8-6-11)14(17)18/h5-8,13,16H,3-4,9-10H2,1-2H3,(H,17,18). The first kappa shape index (κ1) is 13.1. The number of aromatic carboxylic acids is 1. The fraction of sp³-hybridized carbons (Fsp3) is 0.533. The maximum atomic E-state index is 10.7. The summed E-state index contributed by atoms with van der Waals surface area (Å²) in [5.74, 6) is -0.869. The van der Waals surface area contributed by atoms with Gasteiger partial charge in [-0.15, -0.1) is 0 Å². The van der Waals surface area contributed by atoms with E-state index in [0.717, 1.165) is 12.1 Å². The Kier molecular flexibility index (Phi) is 3.71. The maximum Gasteiger partial charge on any atom is 0.335 e. The molecule has 0 bridgehead atoms. The second-order valence-electron chi connectivity index (χ2n) is 5.82. The quantitative estimate of drug-likeness (QED) is 0.859. The Hall–Kier alpha value is -1.35. The Morgan fingerprint density at radius 2 is 2.06 bits per heavy atom. The van der Waals surface area contributed by atoms with E-state index in [-0.39, 0.29) is 0 Å². The molecule has 0 amide bonds. The summed E-state index contributed by atoms with van der Waals surface area (Å²) >= 11 is 0. The summed E-state index contributed by atoms with van der Waals surface area (Å²) in [6, 6.07) is 7.67. The van der Waals surface area contributed by atoms with Crippen molar-refractivity contribution < 1.29 is 9.90 Å². The predicted octanol–water partition coefficient (Wildman–Crippen LogP) is 3.05. The van der Waals surface area contributed by atoms with Crippen molar-refractivity contribution in [3.05, 3.63) is 35.4 Å². The summed E-state index contributed by atoms with van der Waals surface area (Å²) in [7, 11) is 0. The lowest BCUT2D eigenvalue weighted by Gasteiger charge is -2.28. The van der Waals surface area contributed by atoms with Gasteiger partial charge in [0.15, 0.2) is 0 Å². The van der Waals surface area contributed by atoms with Crippen LogP contribution in [-0.2, 0) is 6.54 Å². The lowest BCUT2D eigenvalue weighted by Crippen LogP contribution is -2.37. The molecule has 1 aliphatic carbocycles. The van der Waals surface area contributed by atoms with Crippen molar-refractivity contribution in [2.45, 2.75) is 45.7 Å². The van der Waals surface area contributed by atoms with Crippen molar-refractivity contribution in [3.63, 3.8) is 0 Å². The third-order valence-corrected chi connectivity index (χ3v) is 4.01. The number of carboxylic acid groups (broad SMARTS) is 1. The summed E-state index contributed by atoms with van der Waals surface area (Å²) in [6.07, 6.45) is 3.81. The molecule has 0 heterocycles. The predicted molar refractivity (Wildman–Crippen MR) is 71.7 cm³/mol. The van der Waals surface area contributed by atoms with E-state index in [1.807, 2.05) is 12.1 Å². The van der Waals surface area contributed by atoms with Crippen LogP contribution >= 0.6 is 0 Å². The number of benzene rings is 1. The van der Waals surface area contributed by atoms with Gasteiger partial charge in [0.2, 0.25) is 0 Å². The molecule has 1 unspecified atom stereocenters. The van der Waals surface area contributed by atoms with Crippen LogP contribution in [-0.4, -0.2) is 17.1 Å². The fourth-order valence-corrected chi connectivity index (χ4v) is 2.71. The number of nitrogens with one attached hydrogen (secondary N) is 1. The molecule has 2 rings (SSSR count). The lowest BCUT2D eigenvalue weighted by atomic mass is 9.87. The fourth-order valence-electron chi connectivity index (χ4n) is 2.71. The minimum atomic E-state index is -0.869. The van der Waals surface area contributed by atoms with Crippen molar-refractivity contribution in [2.24, 2.45) is 5.41 Å². The molecule has 0 aliphatic heterocycles. The van der Waals surface area contributed by atoms with Crippen LogP contribution < -0.4 is 5.32 Å². The second-order valence-corrected chi connectivity index (χ2v) is 5.82. The third-order valence-electron chi connectivity index (χ3n) is 4.01. The minimum absolute atomic E-state index is 0.347. The van der Waals surface area contributed by atoms with Crippen molar-refractivity contribution in [1.82, 2.24) is 5.32 Å². The summed E-state index contributed by atoms with van der Waals surface area (Å²) in [5.41, 5.74) is 1.86. The van der Waals surface area contributed by atoms with E-state index in [0.29, 0.717) is 17.0 Å². The van der Waals surface area contributed by atoms with Crippen LogP contribution in [0.5, 0.6) is 0 Å². The summed E-state index contributed by atoms with van der Waals surface area (Å²) < 4.78 is 0. The highest BCUT2D eigenvalue weighted by atomic mass is 16.4. The van der Waals surface area contributed by atoms with E-state index in [1.165, 1.54) is 19.3 Å². The van der Waals surface area contributed by atoms with Gasteiger partial charge in [-0.1, -0.05) is 32.4 Å². The molecule has 1 aromatic carbocycles. The second kappa shape index (κ2) is 5.11. The highest BCUT2D eigenvalue weighted by Crippen LogP contribution is 2.37. The minimum Gasteiger partial charge on any atom is -0.478 e. The average molecular weight is 247 g/mol. The SMILES string of the molecule is CC1(C)CCCC1NCc1ccc(C(=O)O)cc1. The molecule has 0 radical (unpaired) electrons. The monoisotopic (exact) mass is 247 g/mol. The molecule has 0 aromatic heterocycles. The molecule has 0 spiro atoms. The average Bonchev–Trinajstić information content (AvgIpc) is 2.66. The van der Waals surface area contributed by atoms with Crippen LogP contribution in [0.3, 0.4) is 0 Å². The molecule has 3 nitrogen and oxygen atoms in total. The molecule has 18 heavy (non-hydrogen) atoms. The first-order chi connectivity index (χ1) is 8.49. The van der Waals surface area contributed by atoms with Gasteiger partial charge in [0.25, 0.3) is 0 Å². The Bertz CT molecular complexity index is 423. The van der Waals surface area contributed by atoms with Crippen LogP contribution in [0, 0.1) is 5.41 Å². The lowest BCUT2D eigenvalue weighted by molar-refractivity contribution is 0.0697. The van der Waals surface area contributed by atoms with Gasteiger partial charge in [0.05, 0.1) is 5.56 Å². The molecule has 1 aliphatic rings. The Balaban J connectivity index is 1.92. The molecule has 98 valence electrons. The number of hydrogen-bond acceptors (Lipinski definition) is 2. The molecule has 1 fully saturated rings. The molecular formula is C15H21NO2. The van der Waals surface area contributed by atoms with Gasteiger partial charge in [-0.3, -0.25) is 0 Å². The van der Waals surface area contributed by atoms with Crippen molar-refractivity contribution in [3.8, 4) is 0 Å². The number of carboxylic acids is 1. The zero-order valence-electron chi connectivity index (χ0n) is 11.1. The Morgan fingerprint density at radius 1 is 1.39 bits per heavy atom. The van der Waals surface area contributed by atoms with Crippen LogP contribution in [0.1, 0.15) is 49.0 Å². The van der Waals surface area contributed by atoms with Crippen LogP contribution in [0.25, 0.3) is 0 Å². The third kappa shape index (κ3) is 2.91. The van der Waals surface area contributed by atoms with Gasteiger partial charge in [0.1, 0.15) is 0 Å². The largest absolute Gasteiger partial charge is 0.478 e. The number of carbonyl (C=O) groups is 1. The molecule has 2 N–H and O–H groups in total. The Labute approximate surface area is 108 Å². The molecule has 1 atom stereocenters. The van der Waals surface area contributed by atoms with Crippen molar-refractivity contribution in [2.75, 3.05) is 0 Å². The van der Waals surface area contributed by atoms with Crippen molar-refractivity contribution in [1.29, 1.82) is 0 Å². The molecule has 0 saturated heterocycles. The summed E-state index contributed by atoms with van der Waals surface area (Å²) in [4.78, 5) is 10.7. The van der Waals surface area contributed by atoms with Gasteiger partial charge in [0, 0.05) is 12.6 Å². The van der Waals surface area contributed by atoms with Gasteiger partial charge in [-0.25, -0.2) is 4.79 Å². The molecule has 3 heteroatoms. The van der Waals surface area contributed by atoms with Crippen LogP contribution in [0.4, 0.5) is 0 Å². The van der Waals surface area contributed by atoms with Gasteiger partial charge in [-0.2, -0.15) is 0 Å². The van der Waals surface area contributed by atoms with Crippen LogP contribution in [0.15, 0.2) is 24.3 Å². The smallest absolute Gasteiger partial charge is 0.335 e. The van der Waals surface area contributed by atoms with Crippen molar-refractivity contribution >= 4 is 5.97 Å². The zero-order valence-corrected chi connectivity index (χ0v) is 11.1. The van der Waals surface area contributed by atoms with E-state index in [4.69, 9.17) is 5.11 Å². The maximum absolute atomic E-state index is 10.7. The first-order valence-corrected chi connectivity index (χ1v) is 6.55. The van der Waals surface area contributed by atoms with E-state index in [9.17, 15) is 4.79 Å². The number of hydrogen-bond donors (Lipinski definition) is 2. The molecular weight excluding hydrogens is 226 g/mol. The van der Waals surface area contributed by atoms with Gasteiger partial charge in [-0.05, 0) is 36.0 Å². The van der Waals surface area contributed by atoms with Gasteiger partial charge >= 0.3 is 5.97 Å². The van der Waals surface area contributed by atoms with E-state index < -0.39 is 5.97 Å². The normalized spacial score (nSPS) is 22.0. The van der Waals surface area contributed by atoms with E-state index >= 15 is 0 Å². The summed E-state index contributed by atoms with van der Waals surface area (Å²) in [5, 5.41) is 12.4. The Morgan fingerprint density at radius 3 is 2.56 bits per heavy atom.